The normalized spacial score (nSPS) is 14.4. The van der Waals surface area contributed by atoms with Crippen molar-refractivity contribution in [2.45, 2.75) is 0 Å². The van der Waals surface area contributed by atoms with Gasteiger partial charge in [0.2, 0.25) is 0 Å². The number of hydrogen-bond acceptors (Lipinski definition) is 4. The lowest BCUT2D eigenvalue weighted by atomic mass is 10.1. The zero-order valence-electron chi connectivity index (χ0n) is 8.08. The minimum absolute atomic E-state index is 0.273. The summed E-state index contributed by atoms with van der Waals surface area (Å²) >= 11 is 1.27. The highest BCUT2D eigenvalue weighted by Crippen LogP contribution is 2.30. The average molecular weight is 230 g/mol. The quantitative estimate of drug-likeness (QED) is 0.703. The van der Waals surface area contributed by atoms with Crippen LogP contribution in [-0.2, 0) is 0 Å². The molecule has 1 aliphatic heterocycles. The topological polar surface area (TPSA) is 50.3 Å². The number of hydrogen-bond donors (Lipinski definition) is 0. The summed E-state index contributed by atoms with van der Waals surface area (Å²) in [6.45, 7) is 0. The van der Waals surface area contributed by atoms with Crippen molar-refractivity contribution in [3.8, 4) is 0 Å². The molecule has 0 bridgehead atoms. The van der Waals surface area contributed by atoms with Gasteiger partial charge in [-0.05, 0) is 12.1 Å². The van der Waals surface area contributed by atoms with Gasteiger partial charge in [-0.25, -0.2) is 4.90 Å². The molecule has 4 nitrogen and oxygen atoms in total. The van der Waals surface area contributed by atoms with Crippen LogP contribution in [0, 0.1) is 0 Å². The third kappa shape index (κ3) is 1.12. The molecule has 0 unspecified atom stereocenters. The van der Waals surface area contributed by atoms with Gasteiger partial charge in [-0.3, -0.25) is 14.6 Å². The summed E-state index contributed by atoms with van der Waals surface area (Å²) in [6.07, 6.45) is 1.52. The summed E-state index contributed by atoms with van der Waals surface area (Å²) in [6, 6.07) is 6.83. The number of imide groups is 1. The van der Waals surface area contributed by atoms with Gasteiger partial charge in [-0.15, -0.1) is 11.3 Å². The van der Waals surface area contributed by atoms with E-state index in [9.17, 15) is 9.59 Å². The minimum atomic E-state index is -0.273. The third-order valence-corrected chi connectivity index (χ3v) is 3.19. The molecule has 0 fully saturated rings. The van der Waals surface area contributed by atoms with E-state index < -0.39 is 0 Å². The first-order chi connectivity index (χ1) is 7.79. The molecule has 1 aromatic carbocycles. The van der Waals surface area contributed by atoms with E-state index in [4.69, 9.17) is 0 Å². The SMILES string of the molecule is O=C1c2ccccc2C(=O)N1c1cncs1. The Labute approximate surface area is 95.2 Å². The Hall–Kier alpha value is -2.01. The lowest BCUT2D eigenvalue weighted by molar-refractivity contribution is 0.0927. The molecule has 5 heteroatoms. The number of amides is 2. The number of benzene rings is 1. The first-order valence-electron chi connectivity index (χ1n) is 4.65. The average Bonchev–Trinajstić information content (AvgIpc) is 2.89. The molecule has 3 rings (SSSR count). The van der Waals surface area contributed by atoms with Gasteiger partial charge in [0.1, 0.15) is 5.00 Å². The summed E-state index contributed by atoms with van der Waals surface area (Å²) in [5.74, 6) is -0.547. The molecular formula is C11H6N2O2S. The van der Waals surface area contributed by atoms with Crippen LogP contribution in [0.1, 0.15) is 20.7 Å². The molecule has 0 atom stereocenters. The number of carbonyl (C=O) groups excluding carboxylic acids is 2. The van der Waals surface area contributed by atoms with E-state index in [-0.39, 0.29) is 11.8 Å². The lowest BCUT2D eigenvalue weighted by Gasteiger charge is -2.09. The van der Waals surface area contributed by atoms with Crippen molar-refractivity contribution in [2.24, 2.45) is 0 Å². The number of carbonyl (C=O) groups is 2. The Morgan fingerprint density at radius 3 is 2.19 bits per heavy atom. The second-order valence-corrected chi connectivity index (χ2v) is 4.20. The molecule has 2 amide bonds. The van der Waals surface area contributed by atoms with Gasteiger partial charge in [-0.1, -0.05) is 12.1 Å². The van der Waals surface area contributed by atoms with Crippen molar-refractivity contribution in [3.05, 3.63) is 47.1 Å². The molecule has 0 radical (unpaired) electrons. The van der Waals surface area contributed by atoms with Gasteiger partial charge in [0.25, 0.3) is 11.8 Å². The van der Waals surface area contributed by atoms with Crippen LogP contribution in [0.3, 0.4) is 0 Å². The van der Waals surface area contributed by atoms with Gasteiger partial charge < -0.3 is 0 Å². The molecule has 0 saturated carbocycles. The fourth-order valence-corrected chi connectivity index (χ4v) is 2.33. The van der Waals surface area contributed by atoms with E-state index >= 15 is 0 Å². The number of nitrogens with zero attached hydrogens (tertiary/aromatic N) is 2. The fourth-order valence-electron chi connectivity index (χ4n) is 1.71. The van der Waals surface area contributed by atoms with Crippen LogP contribution in [0.15, 0.2) is 36.0 Å². The minimum Gasteiger partial charge on any atom is -0.268 e. The molecule has 78 valence electrons. The van der Waals surface area contributed by atoms with Crippen molar-refractivity contribution in [3.63, 3.8) is 0 Å². The maximum absolute atomic E-state index is 12.0. The van der Waals surface area contributed by atoms with Crippen LogP contribution in [0.25, 0.3) is 0 Å². The standard InChI is InChI=1S/C11H6N2O2S/c14-10-7-3-1-2-4-8(7)11(15)13(10)9-5-12-6-16-9/h1-6H. The predicted molar refractivity (Wildman–Crippen MR) is 59.7 cm³/mol. The van der Waals surface area contributed by atoms with Crippen LogP contribution < -0.4 is 4.90 Å². The monoisotopic (exact) mass is 230 g/mol. The Morgan fingerprint density at radius 1 is 1.06 bits per heavy atom. The van der Waals surface area contributed by atoms with Crippen molar-refractivity contribution in [1.29, 1.82) is 0 Å². The summed E-state index contributed by atoms with van der Waals surface area (Å²) in [5.41, 5.74) is 2.51. The molecule has 2 aromatic rings. The Morgan fingerprint density at radius 2 is 1.69 bits per heavy atom. The van der Waals surface area contributed by atoms with E-state index in [1.54, 1.807) is 29.8 Å². The van der Waals surface area contributed by atoms with Crippen molar-refractivity contribution in [1.82, 2.24) is 4.98 Å². The molecule has 1 aliphatic rings. The second kappa shape index (κ2) is 3.24. The van der Waals surface area contributed by atoms with Crippen LogP contribution in [0.5, 0.6) is 0 Å². The zero-order valence-corrected chi connectivity index (χ0v) is 8.90. The van der Waals surface area contributed by atoms with Crippen LogP contribution >= 0.6 is 11.3 Å². The molecule has 0 saturated heterocycles. The van der Waals surface area contributed by atoms with Gasteiger partial charge in [0.15, 0.2) is 0 Å². The first-order valence-corrected chi connectivity index (χ1v) is 5.53. The van der Waals surface area contributed by atoms with Gasteiger partial charge in [-0.2, -0.15) is 0 Å². The maximum atomic E-state index is 12.0. The summed E-state index contributed by atoms with van der Waals surface area (Å²) < 4.78 is 0. The number of rotatable bonds is 1. The maximum Gasteiger partial charge on any atom is 0.266 e. The summed E-state index contributed by atoms with van der Waals surface area (Å²) in [4.78, 5) is 29.0. The molecule has 0 N–H and O–H groups in total. The van der Waals surface area contributed by atoms with Crippen molar-refractivity contribution in [2.75, 3.05) is 4.90 Å². The first kappa shape index (κ1) is 9.23. The van der Waals surface area contributed by atoms with Gasteiger partial charge >= 0.3 is 0 Å². The van der Waals surface area contributed by atoms with Crippen molar-refractivity contribution >= 4 is 28.2 Å². The number of anilines is 1. The lowest BCUT2D eigenvalue weighted by Crippen LogP contribution is -2.28. The third-order valence-electron chi connectivity index (χ3n) is 2.43. The number of fused-ring (bicyclic) bond motifs is 1. The van der Waals surface area contributed by atoms with E-state index in [1.165, 1.54) is 22.4 Å². The molecule has 0 spiro atoms. The van der Waals surface area contributed by atoms with Gasteiger partial charge in [0.05, 0.1) is 22.8 Å². The summed E-state index contributed by atoms with van der Waals surface area (Å²) in [7, 11) is 0. The van der Waals surface area contributed by atoms with E-state index in [0.29, 0.717) is 16.1 Å². The van der Waals surface area contributed by atoms with E-state index in [2.05, 4.69) is 4.98 Å². The molecule has 2 heterocycles. The smallest absolute Gasteiger partial charge is 0.266 e. The Kier molecular flexibility index (Phi) is 1.87. The largest absolute Gasteiger partial charge is 0.268 e. The molecule has 16 heavy (non-hydrogen) atoms. The highest BCUT2D eigenvalue weighted by atomic mass is 32.1. The fraction of sp³-hybridized carbons (Fsp3) is 0. The Bertz CT molecular complexity index is 542. The predicted octanol–water partition coefficient (Wildman–Crippen LogP) is 1.94. The van der Waals surface area contributed by atoms with E-state index in [0.717, 1.165) is 0 Å². The highest BCUT2D eigenvalue weighted by molar-refractivity contribution is 7.14. The van der Waals surface area contributed by atoms with Gasteiger partial charge in [0, 0.05) is 0 Å². The van der Waals surface area contributed by atoms with Crippen LogP contribution in [0.4, 0.5) is 5.00 Å². The van der Waals surface area contributed by atoms with E-state index in [1.807, 2.05) is 0 Å². The molecule has 1 aromatic heterocycles. The summed E-state index contributed by atoms with van der Waals surface area (Å²) in [5, 5.41) is 0.561. The van der Waals surface area contributed by atoms with Crippen LogP contribution in [0.2, 0.25) is 0 Å². The second-order valence-electron chi connectivity index (χ2n) is 3.33. The zero-order chi connectivity index (χ0) is 11.1. The van der Waals surface area contributed by atoms with Crippen molar-refractivity contribution < 1.29 is 9.59 Å². The van der Waals surface area contributed by atoms with Crippen LogP contribution in [-0.4, -0.2) is 16.8 Å². The highest BCUT2D eigenvalue weighted by Gasteiger charge is 2.36. The number of thiazole rings is 1. The molecule has 0 aliphatic carbocycles. The Balaban J connectivity index is 2.15. The number of aromatic nitrogens is 1. The molecular weight excluding hydrogens is 224 g/mol.